The molecule has 2 aromatic carbocycles. The maximum atomic E-state index is 13.4. The van der Waals surface area contributed by atoms with Gasteiger partial charge in [-0.15, -0.1) is 0 Å². The molecule has 1 heterocycles. The number of halogens is 1. The molecule has 0 atom stereocenters. The number of carbonyl (C=O) groups excluding carboxylic acids is 1. The van der Waals surface area contributed by atoms with E-state index in [-0.39, 0.29) is 11.7 Å². The number of nitrogens with zero attached hydrogens (tertiary/aromatic N) is 1. The van der Waals surface area contributed by atoms with Crippen molar-refractivity contribution in [1.29, 1.82) is 0 Å². The molecule has 1 amide bonds. The first-order valence-electron chi connectivity index (χ1n) is 9.69. The van der Waals surface area contributed by atoms with E-state index in [1.165, 1.54) is 0 Å². The molecule has 1 aromatic heterocycles. The molecule has 0 radical (unpaired) electrons. The molecular formula is C23H23ClN2O2. The number of carbonyl (C=O) groups is 1. The highest BCUT2D eigenvalue weighted by molar-refractivity contribution is 6.32. The Morgan fingerprint density at radius 2 is 1.89 bits per heavy atom. The van der Waals surface area contributed by atoms with Crippen LogP contribution in [-0.2, 0) is 11.2 Å². The number of anilines is 1. The van der Waals surface area contributed by atoms with Crippen molar-refractivity contribution in [3.8, 4) is 5.75 Å². The minimum absolute atomic E-state index is 0.0266. The topological polar surface area (TPSA) is 62.2 Å². The number of phenolic OH excluding ortho intramolecular Hbond substituents is 1. The third kappa shape index (κ3) is 3.83. The van der Waals surface area contributed by atoms with E-state index >= 15 is 0 Å². The molecule has 3 aromatic rings. The normalized spacial score (nSPS) is 16.0. The first kappa shape index (κ1) is 18.8. The van der Waals surface area contributed by atoms with E-state index in [0.717, 1.165) is 48.6 Å². The lowest BCUT2D eigenvalue weighted by Crippen LogP contribution is -2.40. The first-order valence-corrected chi connectivity index (χ1v) is 10.1. The Balaban J connectivity index is 1.60. The molecule has 0 saturated heterocycles. The first-order chi connectivity index (χ1) is 13.6. The summed E-state index contributed by atoms with van der Waals surface area (Å²) in [6.45, 7) is 0. The number of rotatable bonds is 4. The van der Waals surface area contributed by atoms with Gasteiger partial charge < -0.3 is 10.4 Å². The predicted molar refractivity (Wildman–Crippen MR) is 113 cm³/mol. The molecule has 1 saturated carbocycles. The van der Waals surface area contributed by atoms with E-state index in [2.05, 4.69) is 10.3 Å². The molecule has 1 aliphatic rings. The summed E-state index contributed by atoms with van der Waals surface area (Å²) in [6, 6.07) is 15.1. The van der Waals surface area contributed by atoms with E-state index < -0.39 is 5.41 Å². The lowest BCUT2D eigenvalue weighted by Gasteiger charge is -2.36. The third-order valence-electron chi connectivity index (χ3n) is 5.69. The van der Waals surface area contributed by atoms with Crippen molar-refractivity contribution in [3.63, 3.8) is 0 Å². The highest BCUT2D eigenvalue weighted by atomic mass is 35.5. The molecule has 0 unspecified atom stereocenters. The van der Waals surface area contributed by atoms with Crippen molar-refractivity contribution >= 4 is 34.1 Å². The summed E-state index contributed by atoms with van der Waals surface area (Å²) in [5, 5.41) is 14.4. The second-order valence-corrected chi connectivity index (χ2v) is 8.08. The van der Waals surface area contributed by atoms with Crippen LogP contribution >= 0.6 is 11.6 Å². The molecule has 1 fully saturated rings. The predicted octanol–water partition coefficient (Wildman–Crippen LogP) is 5.73. The molecule has 4 nitrogen and oxygen atoms in total. The van der Waals surface area contributed by atoms with Crippen LogP contribution in [0, 0.1) is 5.41 Å². The number of hydrogen-bond donors (Lipinski definition) is 2. The number of hydrogen-bond acceptors (Lipinski definition) is 3. The summed E-state index contributed by atoms with van der Waals surface area (Å²) in [5.74, 6) is 0.0861. The van der Waals surface area contributed by atoms with Crippen LogP contribution in [0.5, 0.6) is 5.75 Å². The van der Waals surface area contributed by atoms with E-state index in [0.29, 0.717) is 17.1 Å². The largest absolute Gasteiger partial charge is 0.506 e. The summed E-state index contributed by atoms with van der Waals surface area (Å²) in [5.41, 5.74) is 2.07. The Bertz CT molecular complexity index is 1010. The number of aromatic hydroxyl groups is 1. The zero-order chi connectivity index (χ0) is 19.6. The van der Waals surface area contributed by atoms with Crippen molar-refractivity contribution < 1.29 is 9.90 Å². The molecule has 28 heavy (non-hydrogen) atoms. The fourth-order valence-electron chi connectivity index (χ4n) is 4.17. The summed E-state index contributed by atoms with van der Waals surface area (Å²) < 4.78 is 0. The number of para-hydroxylation sites is 1. The summed E-state index contributed by atoms with van der Waals surface area (Å²) in [6.07, 6.45) is 7.19. The maximum absolute atomic E-state index is 13.4. The highest BCUT2D eigenvalue weighted by Gasteiger charge is 2.39. The zero-order valence-corrected chi connectivity index (χ0v) is 16.4. The van der Waals surface area contributed by atoms with Gasteiger partial charge in [0.25, 0.3) is 0 Å². The molecular weight excluding hydrogens is 372 g/mol. The minimum Gasteiger partial charge on any atom is -0.506 e. The second kappa shape index (κ2) is 7.80. The maximum Gasteiger partial charge on any atom is 0.230 e. The van der Waals surface area contributed by atoms with Crippen molar-refractivity contribution in [1.82, 2.24) is 4.98 Å². The Morgan fingerprint density at radius 1 is 1.11 bits per heavy atom. The van der Waals surface area contributed by atoms with Crippen molar-refractivity contribution in [2.24, 2.45) is 5.41 Å². The lowest BCUT2D eigenvalue weighted by molar-refractivity contribution is -0.127. The number of phenols is 1. The van der Waals surface area contributed by atoms with Gasteiger partial charge >= 0.3 is 0 Å². The average Bonchev–Trinajstić information content (AvgIpc) is 2.71. The number of amides is 1. The van der Waals surface area contributed by atoms with Gasteiger partial charge in [-0.05, 0) is 49.1 Å². The van der Waals surface area contributed by atoms with Crippen molar-refractivity contribution in [2.45, 2.75) is 38.5 Å². The fraction of sp³-hybridized carbons (Fsp3) is 0.304. The molecule has 1 aliphatic carbocycles. The molecule has 0 aliphatic heterocycles. The van der Waals surface area contributed by atoms with Gasteiger partial charge in [0.15, 0.2) is 0 Å². The quantitative estimate of drug-likeness (QED) is 0.594. The molecule has 5 heteroatoms. The third-order valence-corrected chi connectivity index (χ3v) is 6.01. The molecule has 4 rings (SSSR count). The van der Waals surface area contributed by atoms with Crippen LogP contribution < -0.4 is 5.32 Å². The molecule has 144 valence electrons. The van der Waals surface area contributed by atoms with Gasteiger partial charge in [0.05, 0.1) is 27.8 Å². The van der Waals surface area contributed by atoms with Gasteiger partial charge in [-0.2, -0.15) is 0 Å². The molecule has 2 N–H and O–H groups in total. The van der Waals surface area contributed by atoms with Crippen molar-refractivity contribution in [2.75, 3.05) is 5.32 Å². The Kier molecular flexibility index (Phi) is 5.23. The second-order valence-electron chi connectivity index (χ2n) is 7.67. The molecule has 0 spiro atoms. The summed E-state index contributed by atoms with van der Waals surface area (Å²) in [7, 11) is 0. The van der Waals surface area contributed by atoms with Crippen LogP contribution in [0.4, 0.5) is 5.69 Å². The van der Waals surface area contributed by atoms with Crippen molar-refractivity contribution in [3.05, 3.63) is 65.3 Å². The smallest absolute Gasteiger partial charge is 0.230 e. The van der Waals surface area contributed by atoms with Crippen LogP contribution in [0.25, 0.3) is 10.9 Å². The Labute approximate surface area is 169 Å². The van der Waals surface area contributed by atoms with Crippen LogP contribution in [0.3, 0.4) is 0 Å². The van der Waals surface area contributed by atoms with Gasteiger partial charge in [0.2, 0.25) is 5.91 Å². The van der Waals surface area contributed by atoms with Gasteiger partial charge in [-0.25, -0.2) is 0 Å². The number of aromatic nitrogens is 1. The number of nitrogens with one attached hydrogen (secondary N) is 1. The monoisotopic (exact) mass is 394 g/mol. The Morgan fingerprint density at radius 3 is 2.68 bits per heavy atom. The van der Waals surface area contributed by atoms with Crippen LogP contribution in [0.15, 0.2) is 54.7 Å². The van der Waals surface area contributed by atoms with E-state index in [9.17, 15) is 9.90 Å². The number of pyridine rings is 1. The van der Waals surface area contributed by atoms with Gasteiger partial charge in [-0.1, -0.05) is 55.1 Å². The van der Waals surface area contributed by atoms with Crippen LogP contribution in [-0.4, -0.2) is 16.0 Å². The summed E-state index contributed by atoms with van der Waals surface area (Å²) in [4.78, 5) is 17.8. The summed E-state index contributed by atoms with van der Waals surface area (Å²) >= 11 is 5.94. The fourth-order valence-corrected chi connectivity index (χ4v) is 4.29. The number of fused-ring (bicyclic) bond motifs is 1. The SMILES string of the molecule is O=C(Nc1cnc2ccccc2c1)C1(Cc2ccc(Cl)c(O)c2)CCCCC1. The van der Waals surface area contributed by atoms with E-state index in [1.54, 1.807) is 18.3 Å². The van der Waals surface area contributed by atoms with Crippen LogP contribution in [0.1, 0.15) is 37.7 Å². The average molecular weight is 395 g/mol. The van der Waals surface area contributed by atoms with Gasteiger partial charge in [0.1, 0.15) is 5.75 Å². The van der Waals surface area contributed by atoms with E-state index in [4.69, 9.17) is 11.6 Å². The number of benzene rings is 2. The zero-order valence-electron chi connectivity index (χ0n) is 15.6. The standard InChI is InChI=1S/C23H23ClN2O2/c24-19-9-8-16(12-21(19)27)14-23(10-4-1-5-11-23)22(28)26-18-13-17-6-2-3-7-20(17)25-15-18/h2-3,6-9,12-13,15,27H,1,4-5,10-11,14H2,(H,26,28). The molecule has 0 bridgehead atoms. The van der Waals surface area contributed by atoms with Gasteiger partial charge in [0, 0.05) is 5.39 Å². The minimum atomic E-state index is -0.482. The van der Waals surface area contributed by atoms with E-state index in [1.807, 2.05) is 36.4 Å². The lowest BCUT2D eigenvalue weighted by atomic mass is 9.69. The highest BCUT2D eigenvalue weighted by Crippen LogP contribution is 2.41. The van der Waals surface area contributed by atoms with Crippen LogP contribution in [0.2, 0.25) is 5.02 Å². The van der Waals surface area contributed by atoms with Gasteiger partial charge in [-0.3, -0.25) is 9.78 Å². The Hall–Kier alpha value is -2.59.